The maximum absolute atomic E-state index is 11.9. The fourth-order valence-electron chi connectivity index (χ4n) is 2.63. The lowest BCUT2D eigenvalue weighted by atomic mass is 9.82. The van der Waals surface area contributed by atoms with Crippen molar-refractivity contribution in [1.82, 2.24) is 5.32 Å². The lowest BCUT2D eigenvalue weighted by Crippen LogP contribution is -2.36. The molecule has 3 unspecified atom stereocenters. The number of hydrogen-bond donors (Lipinski definition) is 1. The Morgan fingerprint density at radius 1 is 1.25 bits per heavy atom. The second-order valence-corrected chi connectivity index (χ2v) is 6.94. The molecule has 2 nitrogen and oxygen atoms in total. The van der Waals surface area contributed by atoms with Gasteiger partial charge in [-0.1, -0.05) is 27.7 Å². The van der Waals surface area contributed by atoms with Crippen LogP contribution in [0, 0.1) is 29.1 Å². The Morgan fingerprint density at radius 3 is 2.31 bits per heavy atom. The van der Waals surface area contributed by atoms with Gasteiger partial charge in [0.05, 0.1) is 0 Å². The van der Waals surface area contributed by atoms with Gasteiger partial charge in [0, 0.05) is 12.5 Å². The predicted octanol–water partition coefficient (Wildman–Crippen LogP) is 2.83. The summed E-state index contributed by atoms with van der Waals surface area (Å²) in [7, 11) is 0. The summed E-state index contributed by atoms with van der Waals surface area (Å²) in [5, 5.41) is 3.13. The minimum atomic E-state index is 0.283. The Hall–Kier alpha value is -0.530. The Labute approximate surface area is 99.2 Å². The molecule has 0 saturated heterocycles. The van der Waals surface area contributed by atoms with E-state index in [1.807, 2.05) is 0 Å². The number of amides is 1. The molecule has 2 aliphatic rings. The summed E-state index contributed by atoms with van der Waals surface area (Å²) in [5.41, 5.74) is 0.283. The van der Waals surface area contributed by atoms with E-state index in [1.54, 1.807) is 0 Å². The average Bonchev–Trinajstić information content (AvgIpc) is 2.80. The quantitative estimate of drug-likeness (QED) is 0.783. The SMILES string of the molecule is CC(CNC(=O)C1CC2CC2C1)C(C)(C)C. The van der Waals surface area contributed by atoms with Crippen molar-refractivity contribution in [3.63, 3.8) is 0 Å². The number of fused-ring (bicyclic) bond motifs is 1. The third kappa shape index (κ3) is 2.58. The smallest absolute Gasteiger partial charge is 0.223 e. The molecule has 0 aromatic rings. The van der Waals surface area contributed by atoms with Crippen LogP contribution in [-0.2, 0) is 4.79 Å². The maximum atomic E-state index is 11.9. The Morgan fingerprint density at radius 2 is 1.81 bits per heavy atom. The van der Waals surface area contributed by atoms with Crippen LogP contribution in [0.2, 0.25) is 0 Å². The van der Waals surface area contributed by atoms with Crippen LogP contribution in [0.25, 0.3) is 0 Å². The van der Waals surface area contributed by atoms with E-state index in [4.69, 9.17) is 0 Å². The van der Waals surface area contributed by atoms with Gasteiger partial charge in [0.1, 0.15) is 0 Å². The van der Waals surface area contributed by atoms with Gasteiger partial charge in [-0.05, 0) is 42.4 Å². The van der Waals surface area contributed by atoms with Crippen molar-refractivity contribution in [2.24, 2.45) is 29.1 Å². The van der Waals surface area contributed by atoms with Crippen LogP contribution in [-0.4, -0.2) is 12.5 Å². The second-order valence-electron chi connectivity index (χ2n) is 6.94. The van der Waals surface area contributed by atoms with Crippen LogP contribution in [0.5, 0.6) is 0 Å². The first-order valence-electron chi connectivity index (χ1n) is 6.65. The van der Waals surface area contributed by atoms with Gasteiger partial charge in [-0.25, -0.2) is 0 Å². The van der Waals surface area contributed by atoms with E-state index in [0.29, 0.717) is 17.7 Å². The molecule has 0 aromatic carbocycles. The number of carbonyl (C=O) groups excluding carboxylic acids is 1. The highest BCUT2D eigenvalue weighted by molar-refractivity contribution is 5.79. The molecular formula is C14H25NO. The van der Waals surface area contributed by atoms with E-state index in [0.717, 1.165) is 31.2 Å². The van der Waals surface area contributed by atoms with E-state index < -0.39 is 0 Å². The summed E-state index contributed by atoms with van der Waals surface area (Å²) < 4.78 is 0. The van der Waals surface area contributed by atoms with Gasteiger partial charge in [0.25, 0.3) is 0 Å². The molecule has 1 N–H and O–H groups in total. The molecule has 2 rings (SSSR count). The van der Waals surface area contributed by atoms with Gasteiger partial charge in [-0.2, -0.15) is 0 Å². The van der Waals surface area contributed by atoms with Crippen LogP contribution in [0.3, 0.4) is 0 Å². The lowest BCUT2D eigenvalue weighted by Gasteiger charge is -2.27. The lowest BCUT2D eigenvalue weighted by molar-refractivity contribution is -0.125. The highest BCUT2D eigenvalue weighted by atomic mass is 16.1. The monoisotopic (exact) mass is 223 g/mol. The molecular weight excluding hydrogens is 198 g/mol. The highest BCUT2D eigenvalue weighted by Gasteiger charge is 2.47. The zero-order chi connectivity index (χ0) is 11.9. The molecule has 2 heteroatoms. The molecule has 16 heavy (non-hydrogen) atoms. The molecule has 92 valence electrons. The number of hydrogen-bond acceptors (Lipinski definition) is 1. The largest absolute Gasteiger partial charge is 0.356 e. The number of rotatable bonds is 3. The van der Waals surface area contributed by atoms with Crippen molar-refractivity contribution in [2.45, 2.75) is 47.0 Å². The highest BCUT2D eigenvalue weighted by Crippen LogP contribution is 2.54. The maximum Gasteiger partial charge on any atom is 0.223 e. The molecule has 0 aromatic heterocycles. The second kappa shape index (κ2) is 4.05. The zero-order valence-corrected chi connectivity index (χ0v) is 11.0. The molecule has 0 aliphatic heterocycles. The van der Waals surface area contributed by atoms with Crippen molar-refractivity contribution < 1.29 is 4.79 Å². The van der Waals surface area contributed by atoms with Crippen LogP contribution >= 0.6 is 0 Å². The van der Waals surface area contributed by atoms with Crippen LogP contribution in [0.4, 0.5) is 0 Å². The Bertz CT molecular complexity index is 269. The summed E-state index contributed by atoms with van der Waals surface area (Å²) in [6.07, 6.45) is 3.70. The third-order valence-electron chi connectivity index (χ3n) is 4.68. The summed E-state index contributed by atoms with van der Waals surface area (Å²) >= 11 is 0. The topological polar surface area (TPSA) is 29.1 Å². The molecule has 1 amide bonds. The van der Waals surface area contributed by atoms with E-state index in [9.17, 15) is 4.79 Å². The van der Waals surface area contributed by atoms with E-state index in [2.05, 4.69) is 33.0 Å². The summed E-state index contributed by atoms with van der Waals surface area (Å²) in [6, 6.07) is 0. The number of carbonyl (C=O) groups is 1. The van der Waals surface area contributed by atoms with Gasteiger partial charge in [-0.3, -0.25) is 4.79 Å². The van der Waals surface area contributed by atoms with Crippen molar-refractivity contribution in [3.8, 4) is 0 Å². The molecule has 2 fully saturated rings. The van der Waals surface area contributed by atoms with E-state index in [1.165, 1.54) is 6.42 Å². The van der Waals surface area contributed by atoms with Crippen molar-refractivity contribution in [3.05, 3.63) is 0 Å². The standard InChI is InChI=1S/C14H25NO/c1-9(14(2,3)4)8-15-13(16)12-6-10-5-11(10)7-12/h9-12H,5-8H2,1-4H3,(H,15,16). The number of nitrogens with one attached hydrogen (secondary N) is 1. The van der Waals surface area contributed by atoms with Crippen LogP contribution in [0.1, 0.15) is 47.0 Å². The van der Waals surface area contributed by atoms with Crippen molar-refractivity contribution >= 4 is 5.91 Å². The molecule has 0 heterocycles. The fourth-order valence-corrected chi connectivity index (χ4v) is 2.63. The normalized spacial score (nSPS) is 34.4. The molecule has 2 saturated carbocycles. The Balaban J connectivity index is 1.71. The molecule has 0 radical (unpaired) electrons. The van der Waals surface area contributed by atoms with Gasteiger partial charge in [0.2, 0.25) is 5.91 Å². The van der Waals surface area contributed by atoms with Crippen LogP contribution < -0.4 is 5.32 Å². The van der Waals surface area contributed by atoms with Crippen molar-refractivity contribution in [1.29, 1.82) is 0 Å². The molecule has 3 atom stereocenters. The first kappa shape index (κ1) is 11.9. The minimum absolute atomic E-state index is 0.283. The first-order chi connectivity index (χ1) is 7.38. The predicted molar refractivity (Wildman–Crippen MR) is 65.9 cm³/mol. The molecule has 2 aliphatic carbocycles. The zero-order valence-electron chi connectivity index (χ0n) is 11.0. The van der Waals surface area contributed by atoms with E-state index in [-0.39, 0.29) is 5.41 Å². The molecule has 0 spiro atoms. The average molecular weight is 223 g/mol. The van der Waals surface area contributed by atoms with Gasteiger partial charge in [0.15, 0.2) is 0 Å². The van der Waals surface area contributed by atoms with Crippen molar-refractivity contribution in [2.75, 3.05) is 6.54 Å². The van der Waals surface area contributed by atoms with Gasteiger partial charge < -0.3 is 5.32 Å². The van der Waals surface area contributed by atoms with Gasteiger partial charge >= 0.3 is 0 Å². The Kier molecular flexibility index (Phi) is 3.02. The summed E-state index contributed by atoms with van der Waals surface area (Å²) in [5.74, 6) is 2.97. The molecule has 0 bridgehead atoms. The summed E-state index contributed by atoms with van der Waals surface area (Å²) in [6.45, 7) is 9.73. The van der Waals surface area contributed by atoms with Crippen LogP contribution in [0.15, 0.2) is 0 Å². The minimum Gasteiger partial charge on any atom is -0.356 e. The third-order valence-corrected chi connectivity index (χ3v) is 4.68. The summed E-state index contributed by atoms with van der Waals surface area (Å²) in [4.78, 5) is 11.9. The van der Waals surface area contributed by atoms with Gasteiger partial charge in [-0.15, -0.1) is 0 Å². The van der Waals surface area contributed by atoms with E-state index >= 15 is 0 Å². The first-order valence-corrected chi connectivity index (χ1v) is 6.65. The fraction of sp³-hybridized carbons (Fsp3) is 0.929.